The van der Waals surface area contributed by atoms with Gasteiger partial charge in [-0.15, -0.1) is 0 Å². The van der Waals surface area contributed by atoms with E-state index in [0.29, 0.717) is 0 Å². The van der Waals surface area contributed by atoms with Crippen LogP contribution in [0.2, 0.25) is 0 Å². The van der Waals surface area contributed by atoms with Crippen LogP contribution in [0, 0.1) is 0 Å². The third-order valence-corrected chi connectivity index (χ3v) is 4.37. The van der Waals surface area contributed by atoms with Crippen LogP contribution in [0.25, 0.3) is 11.2 Å². The van der Waals surface area contributed by atoms with Crippen molar-refractivity contribution < 1.29 is 62.8 Å². The molecule has 1 aliphatic heterocycles. The van der Waals surface area contributed by atoms with Gasteiger partial charge < -0.3 is 13.9 Å². The maximum absolute atomic E-state index is 13.2. The van der Waals surface area contributed by atoms with Crippen LogP contribution < -0.4 is 4.74 Å². The fourth-order valence-corrected chi connectivity index (χ4v) is 3.37. The number of carbonyl (C=O) groups is 2. The van der Waals surface area contributed by atoms with Crippen LogP contribution in [0.3, 0.4) is 0 Å². The van der Waals surface area contributed by atoms with Gasteiger partial charge in [0.1, 0.15) is 22.5 Å². The summed E-state index contributed by atoms with van der Waals surface area (Å²) in [7, 11) is -5.93. The number of esters is 2. The number of benzene rings is 1. The van der Waals surface area contributed by atoms with Crippen molar-refractivity contribution in [2.75, 3.05) is 5.75 Å². The minimum atomic E-state index is -6.49. The van der Waals surface area contributed by atoms with Crippen molar-refractivity contribution in [3.05, 3.63) is 17.2 Å². The van der Waals surface area contributed by atoms with Crippen LogP contribution in [0.5, 0.6) is 5.75 Å². The van der Waals surface area contributed by atoms with E-state index >= 15 is 0 Å². The lowest BCUT2D eigenvalue weighted by Gasteiger charge is -2.35. The summed E-state index contributed by atoms with van der Waals surface area (Å²) in [6.45, 7) is 0. The van der Waals surface area contributed by atoms with E-state index in [-0.39, 0.29) is 11.3 Å². The lowest BCUT2D eigenvalue weighted by Crippen LogP contribution is -2.63. The molecule has 0 unspecified atom stereocenters. The van der Waals surface area contributed by atoms with Crippen LogP contribution in [-0.4, -0.2) is 48.6 Å². The summed E-state index contributed by atoms with van der Waals surface area (Å²) in [5.74, 6) is -6.87. The summed E-state index contributed by atoms with van der Waals surface area (Å²) in [6.07, 6.45) is -13.0. The van der Waals surface area contributed by atoms with Gasteiger partial charge in [-0.3, -0.25) is 4.55 Å². The van der Waals surface area contributed by atoms with E-state index < -0.39 is 62.5 Å². The SMILES string of the molecule is O=C(OC(CS(=O)(=O)O)(C(F)(F)F)C(F)(F)F)c1c2c3oc1cc3OC2=O. The molecule has 0 aromatic carbocycles. The first kappa shape index (κ1) is 19.2. The van der Waals surface area contributed by atoms with Gasteiger partial charge in [0.2, 0.25) is 0 Å². The zero-order chi connectivity index (χ0) is 20.6. The van der Waals surface area contributed by atoms with Crippen molar-refractivity contribution in [1.82, 2.24) is 0 Å². The second kappa shape index (κ2) is 5.25. The van der Waals surface area contributed by atoms with Crippen molar-refractivity contribution in [2.24, 2.45) is 0 Å². The molecule has 0 amide bonds. The predicted octanol–water partition coefficient (Wildman–Crippen LogP) is 2.31. The summed E-state index contributed by atoms with van der Waals surface area (Å²) in [6, 6.07) is 0.853. The smallest absolute Gasteiger partial charge is 0.438 e. The minimum absolute atomic E-state index is 0.197. The highest BCUT2D eigenvalue weighted by Crippen LogP contribution is 2.49. The largest absolute Gasteiger partial charge is 0.451 e. The first-order valence-electron chi connectivity index (χ1n) is 6.50. The number of halogens is 6. The lowest BCUT2D eigenvalue weighted by atomic mass is 10.0. The van der Waals surface area contributed by atoms with E-state index in [1.165, 1.54) is 0 Å². The summed E-state index contributed by atoms with van der Waals surface area (Å²) < 4.78 is 122. The molecule has 1 N–H and O–H groups in total. The van der Waals surface area contributed by atoms with Crippen molar-refractivity contribution in [3.63, 3.8) is 0 Å². The van der Waals surface area contributed by atoms with Crippen molar-refractivity contribution >= 4 is 33.2 Å². The number of alkyl halides is 6. The minimum Gasteiger partial charge on any atom is -0.451 e. The molecule has 0 fully saturated rings. The Bertz CT molecular complexity index is 1030. The molecular formula is C12H4F6O8S. The average Bonchev–Trinajstić information content (AvgIpc) is 3.03. The molecule has 2 bridgehead atoms. The zero-order valence-electron chi connectivity index (χ0n) is 12.3. The first-order valence-corrected chi connectivity index (χ1v) is 8.11. The molecule has 0 aliphatic carbocycles. The molecular weight excluding hydrogens is 418 g/mol. The molecule has 1 aliphatic rings. The average molecular weight is 422 g/mol. The Morgan fingerprint density at radius 2 is 1.70 bits per heavy atom. The zero-order valence-corrected chi connectivity index (χ0v) is 13.1. The second-order valence-corrected chi connectivity index (χ2v) is 6.83. The number of ether oxygens (including phenoxy) is 2. The summed E-state index contributed by atoms with van der Waals surface area (Å²) >= 11 is 0. The van der Waals surface area contributed by atoms with Gasteiger partial charge in [-0.2, -0.15) is 34.8 Å². The Hall–Kier alpha value is -2.55. The maximum atomic E-state index is 13.2. The number of hydrogen-bond acceptors (Lipinski definition) is 7. The highest BCUT2D eigenvalue weighted by atomic mass is 32.2. The molecule has 8 nitrogen and oxygen atoms in total. The predicted molar refractivity (Wildman–Crippen MR) is 69.0 cm³/mol. The molecule has 0 atom stereocenters. The van der Waals surface area contributed by atoms with Crippen molar-refractivity contribution in [1.29, 1.82) is 0 Å². The normalized spacial score (nSPS) is 15.4. The van der Waals surface area contributed by atoms with Gasteiger partial charge in [-0.05, 0) is 0 Å². The van der Waals surface area contributed by atoms with Gasteiger partial charge in [0.15, 0.2) is 11.3 Å². The molecule has 0 saturated carbocycles. The van der Waals surface area contributed by atoms with Gasteiger partial charge in [-0.25, -0.2) is 9.59 Å². The van der Waals surface area contributed by atoms with E-state index in [4.69, 9.17) is 8.97 Å². The molecule has 3 heterocycles. The molecule has 15 heteroatoms. The molecule has 148 valence electrons. The quantitative estimate of drug-likeness (QED) is 0.453. The molecule has 0 saturated heterocycles. The molecule has 3 rings (SSSR count). The van der Waals surface area contributed by atoms with Crippen molar-refractivity contribution in [3.8, 4) is 5.75 Å². The van der Waals surface area contributed by atoms with E-state index in [1.54, 1.807) is 0 Å². The Kier molecular flexibility index (Phi) is 3.74. The van der Waals surface area contributed by atoms with Gasteiger partial charge >= 0.3 is 29.9 Å². The lowest BCUT2D eigenvalue weighted by molar-refractivity contribution is -0.356. The Morgan fingerprint density at radius 3 is 2.19 bits per heavy atom. The number of hydrogen-bond donors (Lipinski definition) is 1. The third-order valence-electron chi connectivity index (χ3n) is 3.60. The third kappa shape index (κ3) is 2.77. The second-order valence-electron chi connectivity index (χ2n) is 5.38. The first-order chi connectivity index (χ1) is 12.1. The Balaban J connectivity index is 2.12. The van der Waals surface area contributed by atoms with Gasteiger partial charge in [0.05, 0.1) is 0 Å². The van der Waals surface area contributed by atoms with E-state index in [1.807, 2.05) is 0 Å². The van der Waals surface area contributed by atoms with Crippen LogP contribution in [-0.2, 0) is 14.9 Å². The van der Waals surface area contributed by atoms with Gasteiger partial charge in [-0.1, -0.05) is 0 Å². The van der Waals surface area contributed by atoms with E-state index in [0.717, 1.165) is 6.07 Å². The monoisotopic (exact) mass is 422 g/mol. The highest BCUT2D eigenvalue weighted by Gasteiger charge is 2.76. The number of fused-ring (bicyclic) bond motifs is 1. The fourth-order valence-electron chi connectivity index (χ4n) is 2.47. The number of rotatable bonds is 4. The molecule has 27 heavy (non-hydrogen) atoms. The Labute approximate surface area is 143 Å². The standard InChI is InChI=1S/C12H4F6O8S/c13-11(14,15)10(12(16,17)18,2-27(21,22)23)26-9(20)5-3-1-4-7(24-3)6(5)8(19)25-4/h1H,2H2,(H,21,22,23). The summed E-state index contributed by atoms with van der Waals surface area (Å²) in [4.78, 5) is 23.6. The van der Waals surface area contributed by atoms with Crippen LogP contribution in [0.4, 0.5) is 26.3 Å². The topological polar surface area (TPSA) is 120 Å². The number of furan rings is 2. The summed E-state index contributed by atoms with van der Waals surface area (Å²) in [5, 5.41) is 0. The van der Waals surface area contributed by atoms with Gasteiger partial charge in [0, 0.05) is 6.07 Å². The van der Waals surface area contributed by atoms with Gasteiger partial charge in [0.25, 0.3) is 10.1 Å². The molecule has 2 aromatic rings. The van der Waals surface area contributed by atoms with Crippen LogP contribution in [0.1, 0.15) is 20.7 Å². The van der Waals surface area contributed by atoms with E-state index in [2.05, 4.69) is 9.47 Å². The van der Waals surface area contributed by atoms with Crippen LogP contribution >= 0.6 is 0 Å². The highest BCUT2D eigenvalue weighted by molar-refractivity contribution is 7.85. The van der Waals surface area contributed by atoms with E-state index in [9.17, 15) is 44.3 Å². The fraction of sp³-hybridized carbons (Fsp3) is 0.333. The molecule has 0 radical (unpaired) electrons. The van der Waals surface area contributed by atoms with Crippen molar-refractivity contribution in [2.45, 2.75) is 18.0 Å². The number of carbonyl (C=O) groups excluding carboxylic acids is 2. The maximum Gasteiger partial charge on any atom is 0.438 e. The Morgan fingerprint density at radius 1 is 1.15 bits per heavy atom. The molecule has 0 spiro atoms. The molecule has 2 aromatic heterocycles. The summed E-state index contributed by atoms with van der Waals surface area (Å²) in [5.41, 5.74) is -8.43. The van der Waals surface area contributed by atoms with Crippen LogP contribution in [0.15, 0.2) is 10.5 Å².